The van der Waals surface area contributed by atoms with Gasteiger partial charge in [-0.15, -0.1) is 0 Å². The van der Waals surface area contributed by atoms with Crippen molar-refractivity contribution in [3.05, 3.63) is 36.7 Å². The van der Waals surface area contributed by atoms with Gasteiger partial charge in [0, 0.05) is 11.8 Å². The molecule has 0 saturated carbocycles. The van der Waals surface area contributed by atoms with Crippen LogP contribution in [0.1, 0.15) is 0 Å². The van der Waals surface area contributed by atoms with E-state index in [2.05, 4.69) is 16.2 Å². The van der Waals surface area contributed by atoms with Crippen molar-refractivity contribution in [2.45, 2.75) is 0 Å². The summed E-state index contributed by atoms with van der Waals surface area (Å²) in [7, 11) is 0. The minimum absolute atomic E-state index is 0.240. The van der Waals surface area contributed by atoms with Gasteiger partial charge in [-0.05, 0) is 12.1 Å². The highest BCUT2D eigenvalue weighted by Crippen LogP contribution is 2.18. The van der Waals surface area contributed by atoms with Crippen LogP contribution in [0.25, 0.3) is 11.4 Å². The first kappa shape index (κ1) is 6.91. The molecule has 0 bridgehead atoms. The molecule has 1 radical (unpaired) electrons. The minimum Gasteiger partial charge on any atom is -0.508 e. The molecule has 1 aromatic carbocycles. The van der Waals surface area contributed by atoms with E-state index in [9.17, 15) is 0 Å². The predicted molar refractivity (Wildman–Crippen MR) is 44.5 cm³/mol. The Morgan fingerprint density at radius 3 is 3.00 bits per heavy atom. The van der Waals surface area contributed by atoms with Gasteiger partial charge in [0.1, 0.15) is 17.8 Å². The topological polar surface area (TPSA) is 48.9 Å². The molecular weight excluding hydrogens is 152 g/mol. The molecule has 3 nitrogen and oxygen atoms in total. The first-order valence-electron chi connectivity index (χ1n) is 3.57. The lowest BCUT2D eigenvalue weighted by Crippen LogP contribution is -1.78. The van der Waals surface area contributed by atoms with Crippen LogP contribution in [-0.4, -0.2) is 15.1 Å². The van der Waals surface area contributed by atoms with E-state index in [0.717, 1.165) is 5.56 Å². The summed E-state index contributed by atoms with van der Waals surface area (Å²) in [5, 5.41) is 9.16. The molecule has 1 heterocycles. The van der Waals surface area contributed by atoms with Crippen LogP contribution in [0.15, 0.2) is 30.5 Å². The quantitative estimate of drug-likeness (QED) is 0.663. The van der Waals surface area contributed by atoms with Crippen molar-refractivity contribution >= 4 is 0 Å². The third-order valence-corrected chi connectivity index (χ3v) is 1.57. The number of hydrogen-bond acceptors (Lipinski definition) is 2. The highest BCUT2D eigenvalue weighted by molar-refractivity contribution is 5.56. The SMILES string of the molecule is Oc1cccc(-c2n[c]c[nH]2)c1. The van der Waals surface area contributed by atoms with Crippen LogP contribution in [0, 0.1) is 6.20 Å². The molecule has 12 heavy (non-hydrogen) atoms. The number of benzene rings is 1. The lowest BCUT2D eigenvalue weighted by Gasteiger charge is -1.96. The second kappa shape index (κ2) is 2.70. The Hall–Kier alpha value is -1.77. The fourth-order valence-electron chi connectivity index (χ4n) is 1.03. The van der Waals surface area contributed by atoms with Crippen LogP contribution >= 0.6 is 0 Å². The van der Waals surface area contributed by atoms with Crippen molar-refractivity contribution in [2.75, 3.05) is 0 Å². The molecule has 0 aliphatic rings. The number of nitrogens with zero attached hydrogens (tertiary/aromatic N) is 1. The summed E-state index contributed by atoms with van der Waals surface area (Å²) in [4.78, 5) is 6.84. The Bertz CT molecular complexity index is 368. The number of aromatic nitrogens is 2. The number of phenolic OH excluding ortho intramolecular Hbond substituents is 1. The number of nitrogens with one attached hydrogen (secondary N) is 1. The van der Waals surface area contributed by atoms with E-state index in [1.807, 2.05) is 6.07 Å². The molecular formula is C9H7N2O. The molecule has 2 rings (SSSR count). The summed E-state index contributed by atoms with van der Waals surface area (Å²) in [6.45, 7) is 0. The molecule has 59 valence electrons. The minimum atomic E-state index is 0.240. The van der Waals surface area contributed by atoms with Crippen molar-refractivity contribution in [3.8, 4) is 17.1 Å². The van der Waals surface area contributed by atoms with Crippen molar-refractivity contribution in [1.29, 1.82) is 0 Å². The maximum Gasteiger partial charge on any atom is 0.138 e. The van der Waals surface area contributed by atoms with Gasteiger partial charge in [-0.1, -0.05) is 12.1 Å². The Kier molecular flexibility index (Phi) is 1.55. The van der Waals surface area contributed by atoms with Crippen molar-refractivity contribution in [3.63, 3.8) is 0 Å². The van der Waals surface area contributed by atoms with E-state index in [1.165, 1.54) is 0 Å². The summed E-state index contributed by atoms with van der Waals surface area (Å²) in [6, 6.07) is 6.91. The van der Waals surface area contributed by atoms with Gasteiger partial charge in [0.15, 0.2) is 0 Å². The number of aromatic amines is 1. The fourth-order valence-corrected chi connectivity index (χ4v) is 1.03. The summed E-state index contributed by atoms with van der Waals surface area (Å²) in [6.07, 6.45) is 4.28. The molecule has 0 fully saturated rings. The van der Waals surface area contributed by atoms with E-state index >= 15 is 0 Å². The van der Waals surface area contributed by atoms with Gasteiger partial charge in [0.2, 0.25) is 0 Å². The van der Waals surface area contributed by atoms with E-state index < -0.39 is 0 Å². The highest BCUT2D eigenvalue weighted by Gasteiger charge is 1.98. The lowest BCUT2D eigenvalue weighted by molar-refractivity contribution is 0.475. The second-order valence-electron chi connectivity index (χ2n) is 2.43. The fraction of sp³-hybridized carbons (Fsp3) is 0. The number of hydrogen-bond donors (Lipinski definition) is 2. The van der Waals surface area contributed by atoms with E-state index in [-0.39, 0.29) is 5.75 Å². The molecule has 0 unspecified atom stereocenters. The molecule has 0 spiro atoms. The number of aromatic hydroxyl groups is 1. The zero-order chi connectivity index (χ0) is 8.39. The van der Waals surface area contributed by atoms with E-state index in [1.54, 1.807) is 24.4 Å². The van der Waals surface area contributed by atoms with Crippen molar-refractivity contribution in [1.82, 2.24) is 9.97 Å². The van der Waals surface area contributed by atoms with Gasteiger partial charge >= 0.3 is 0 Å². The Morgan fingerprint density at radius 1 is 1.42 bits per heavy atom. The summed E-state index contributed by atoms with van der Waals surface area (Å²) >= 11 is 0. The van der Waals surface area contributed by atoms with Crippen LogP contribution in [-0.2, 0) is 0 Å². The van der Waals surface area contributed by atoms with Gasteiger partial charge in [-0.3, -0.25) is 0 Å². The monoisotopic (exact) mass is 159 g/mol. The second-order valence-corrected chi connectivity index (χ2v) is 2.43. The van der Waals surface area contributed by atoms with Gasteiger partial charge in [-0.2, -0.15) is 0 Å². The van der Waals surface area contributed by atoms with Crippen LogP contribution in [0.4, 0.5) is 0 Å². The normalized spacial score (nSPS) is 10.0. The average molecular weight is 159 g/mol. The van der Waals surface area contributed by atoms with Crippen molar-refractivity contribution < 1.29 is 5.11 Å². The van der Waals surface area contributed by atoms with Gasteiger partial charge in [0.25, 0.3) is 0 Å². The average Bonchev–Trinajstić information content (AvgIpc) is 2.56. The van der Waals surface area contributed by atoms with Gasteiger partial charge in [0.05, 0.1) is 0 Å². The molecule has 2 N–H and O–H groups in total. The first-order valence-corrected chi connectivity index (χ1v) is 3.57. The zero-order valence-electron chi connectivity index (χ0n) is 6.28. The Balaban J connectivity index is 2.48. The molecule has 0 saturated heterocycles. The molecule has 0 amide bonds. The predicted octanol–water partition coefficient (Wildman–Crippen LogP) is 1.58. The largest absolute Gasteiger partial charge is 0.508 e. The summed E-state index contributed by atoms with van der Waals surface area (Å²) in [5.74, 6) is 0.954. The standard InChI is InChI=1S/C9H7N2O/c12-8-3-1-2-7(6-8)9-10-4-5-11-9/h1-4,6,12H,(H,10,11). The molecule has 0 atom stereocenters. The third kappa shape index (κ3) is 1.16. The van der Waals surface area contributed by atoms with Crippen molar-refractivity contribution in [2.24, 2.45) is 0 Å². The number of imidazole rings is 1. The molecule has 0 aliphatic carbocycles. The van der Waals surface area contributed by atoms with Crippen LogP contribution in [0.5, 0.6) is 5.75 Å². The van der Waals surface area contributed by atoms with Crippen LogP contribution in [0.2, 0.25) is 0 Å². The maximum atomic E-state index is 9.16. The van der Waals surface area contributed by atoms with Crippen LogP contribution < -0.4 is 0 Å². The molecule has 1 aromatic heterocycles. The zero-order valence-corrected chi connectivity index (χ0v) is 6.28. The van der Waals surface area contributed by atoms with E-state index in [0.29, 0.717) is 5.82 Å². The number of phenols is 1. The lowest BCUT2D eigenvalue weighted by atomic mass is 10.2. The molecule has 2 aromatic rings. The van der Waals surface area contributed by atoms with Gasteiger partial charge < -0.3 is 10.1 Å². The summed E-state index contributed by atoms with van der Waals surface area (Å²) < 4.78 is 0. The van der Waals surface area contributed by atoms with E-state index in [4.69, 9.17) is 5.11 Å². The first-order chi connectivity index (χ1) is 5.86. The maximum absolute atomic E-state index is 9.16. The van der Waals surface area contributed by atoms with Gasteiger partial charge in [-0.25, -0.2) is 4.98 Å². The third-order valence-electron chi connectivity index (χ3n) is 1.57. The summed E-state index contributed by atoms with van der Waals surface area (Å²) in [5.41, 5.74) is 0.858. The smallest absolute Gasteiger partial charge is 0.138 e. The van der Waals surface area contributed by atoms with Crippen LogP contribution in [0.3, 0.4) is 0 Å². The molecule has 3 heteroatoms. The highest BCUT2D eigenvalue weighted by atomic mass is 16.3. The Morgan fingerprint density at radius 2 is 2.33 bits per heavy atom. The number of H-pyrrole nitrogens is 1. The Labute approximate surface area is 69.7 Å². The molecule has 0 aliphatic heterocycles. The number of rotatable bonds is 1.